The van der Waals surface area contributed by atoms with Crippen molar-refractivity contribution in [3.8, 4) is 0 Å². The number of nitrogens with one attached hydrogen (secondary N) is 1. The lowest BCUT2D eigenvalue weighted by atomic mass is 9.70. The number of aliphatic carboxylic acids is 1. The van der Waals surface area contributed by atoms with Crippen LogP contribution in [0.3, 0.4) is 0 Å². The van der Waals surface area contributed by atoms with Crippen molar-refractivity contribution in [2.24, 2.45) is 11.1 Å². The van der Waals surface area contributed by atoms with Gasteiger partial charge >= 0.3 is 12.1 Å². The van der Waals surface area contributed by atoms with E-state index in [0.29, 0.717) is 0 Å². The number of carbonyl (C=O) groups excluding carboxylic acids is 2. The maximum absolute atomic E-state index is 11.6. The molecule has 8 nitrogen and oxygen atoms in total. The maximum Gasteiger partial charge on any atom is 0.407 e. The van der Waals surface area contributed by atoms with Crippen LogP contribution in [0, 0.1) is 5.41 Å². The second-order valence-corrected chi connectivity index (χ2v) is 6.31. The van der Waals surface area contributed by atoms with Gasteiger partial charge in [-0.05, 0) is 33.6 Å². The molecule has 0 radical (unpaired) electrons. The van der Waals surface area contributed by atoms with Crippen molar-refractivity contribution in [1.82, 2.24) is 5.32 Å². The first-order chi connectivity index (χ1) is 9.48. The van der Waals surface area contributed by atoms with Gasteiger partial charge < -0.3 is 26.0 Å². The van der Waals surface area contributed by atoms with Gasteiger partial charge in [-0.3, -0.25) is 9.59 Å². The van der Waals surface area contributed by atoms with Crippen LogP contribution in [0.2, 0.25) is 0 Å². The minimum absolute atomic E-state index is 0.0464. The number of ether oxygens (including phenoxy) is 1. The molecular weight excluding hydrogens is 280 g/mol. The minimum atomic E-state index is -1.79. The molecule has 0 aromatic heterocycles. The average molecular weight is 302 g/mol. The largest absolute Gasteiger partial charge is 0.480 e. The van der Waals surface area contributed by atoms with Crippen LogP contribution in [0.15, 0.2) is 0 Å². The number of carbonyl (C=O) groups is 3. The Morgan fingerprint density at radius 3 is 2.29 bits per heavy atom. The summed E-state index contributed by atoms with van der Waals surface area (Å²) in [7, 11) is 0. The van der Waals surface area contributed by atoms with Gasteiger partial charge in [0.05, 0.1) is 12.1 Å². The summed E-state index contributed by atoms with van der Waals surface area (Å²) in [6, 6.07) is -0.674. The van der Waals surface area contributed by atoms with E-state index < -0.39 is 41.1 Å². The van der Waals surface area contributed by atoms with Gasteiger partial charge in [-0.15, -0.1) is 0 Å². The van der Waals surface area contributed by atoms with Crippen LogP contribution in [-0.2, 0) is 14.3 Å². The molecule has 0 aliphatic heterocycles. The van der Waals surface area contributed by atoms with Gasteiger partial charge in [0.25, 0.3) is 0 Å². The highest BCUT2D eigenvalue weighted by Gasteiger charge is 2.51. The summed E-state index contributed by atoms with van der Waals surface area (Å²) in [6.07, 6.45) is -2.15. The van der Waals surface area contributed by atoms with E-state index in [1.807, 2.05) is 0 Å². The summed E-state index contributed by atoms with van der Waals surface area (Å²) in [5.74, 6) is -2.34. The molecule has 21 heavy (non-hydrogen) atoms. The third-order valence-electron chi connectivity index (χ3n) is 3.49. The topological polar surface area (TPSA) is 139 Å². The molecule has 0 aromatic carbocycles. The van der Waals surface area contributed by atoms with Gasteiger partial charge in [-0.2, -0.15) is 0 Å². The lowest BCUT2D eigenvalue weighted by Crippen LogP contribution is -2.56. The number of amides is 2. The molecule has 1 fully saturated rings. The number of hydrogen-bond donors (Lipinski definition) is 4. The number of aliphatic hydroxyl groups is 1. The quantitative estimate of drug-likeness (QED) is 0.540. The first-order valence-electron chi connectivity index (χ1n) is 6.69. The van der Waals surface area contributed by atoms with Crippen LogP contribution < -0.4 is 11.1 Å². The first kappa shape index (κ1) is 17.2. The lowest BCUT2D eigenvalue weighted by Gasteiger charge is -2.38. The Hall–Kier alpha value is -1.83. The second kappa shape index (κ2) is 5.88. The molecule has 2 amide bonds. The van der Waals surface area contributed by atoms with Crippen LogP contribution in [0.1, 0.15) is 40.0 Å². The molecule has 0 spiro atoms. The van der Waals surface area contributed by atoms with Crippen molar-refractivity contribution in [2.45, 2.75) is 57.8 Å². The number of hydrogen-bond acceptors (Lipinski definition) is 5. The summed E-state index contributed by atoms with van der Waals surface area (Å²) < 4.78 is 5.07. The number of nitrogens with two attached hydrogens (primary N) is 1. The fraction of sp³-hybridized carbons (Fsp3) is 0.769. The van der Waals surface area contributed by atoms with E-state index in [-0.39, 0.29) is 19.3 Å². The summed E-state index contributed by atoms with van der Waals surface area (Å²) in [4.78, 5) is 34.3. The van der Waals surface area contributed by atoms with Crippen LogP contribution in [0.5, 0.6) is 0 Å². The summed E-state index contributed by atoms with van der Waals surface area (Å²) in [5, 5.41) is 21.7. The van der Waals surface area contributed by atoms with Gasteiger partial charge in [0, 0.05) is 6.42 Å². The number of rotatable bonds is 3. The Bertz CT molecular complexity index is 428. The molecule has 1 rings (SSSR count). The van der Waals surface area contributed by atoms with E-state index in [1.54, 1.807) is 20.8 Å². The van der Waals surface area contributed by atoms with Gasteiger partial charge in [0.1, 0.15) is 11.0 Å². The van der Waals surface area contributed by atoms with E-state index in [1.165, 1.54) is 0 Å². The lowest BCUT2D eigenvalue weighted by molar-refractivity contribution is -0.160. The normalized spacial score (nSPS) is 29.5. The Morgan fingerprint density at radius 1 is 1.33 bits per heavy atom. The molecule has 0 heterocycles. The molecule has 120 valence electrons. The van der Waals surface area contributed by atoms with E-state index in [2.05, 4.69) is 5.32 Å². The number of carboxylic acid groups (broad SMARTS) is 1. The fourth-order valence-electron chi connectivity index (χ4n) is 2.35. The van der Waals surface area contributed by atoms with Crippen LogP contribution >= 0.6 is 0 Å². The predicted molar refractivity (Wildman–Crippen MR) is 72.3 cm³/mol. The molecular formula is C13H22N2O6. The highest BCUT2D eigenvalue weighted by Crippen LogP contribution is 2.36. The zero-order chi connectivity index (χ0) is 16.4. The fourth-order valence-corrected chi connectivity index (χ4v) is 2.35. The smallest absolute Gasteiger partial charge is 0.407 e. The molecule has 1 aliphatic rings. The standard InChI is InChI=1S/C13H22N2O6/c1-12(2,3)21-11(20)15-7-4-5-13(9(14)17,10(18)19)6-8(7)16/h7-8,16H,4-6H2,1-3H3,(H2,14,17)(H,15,20)(H,18,19)/t7-,8+,13-/m1/s1. The Morgan fingerprint density at radius 2 is 1.90 bits per heavy atom. The van der Waals surface area contributed by atoms with Gasteiger partial charge in [-0.25, -0.2) is 4.79 Å². The van der Waals surface area contributed by atoms with Crippen molar-refractivity contribution >= 4 is 18.0 Å². The highest BCUT2D eigenvalue weighted by atomic mass is 16.6. The average Bonchev–Trinajstić information content (AvgIpc) is 2.28. The molecule has 1 aliphatic carbocycles. The van der Waals surface area contributed by atoms with Gasteiger partial charge in [-0.1, -0.05) is 0 Å². The maximum atomic E-state index is 11.6. The molecule has 3 atom stereocenters. The van der Waals surface area contributed by atoms with Crippen molar-refractivity contribution < 1.29 is 29.3 Å². The summed E-state index contributed by atoms with van der Waals surface area (Å²) >= 11 is 0. The van der Waals surface area contributed by atoms with Gasteiger partial charge in [0.15, 0.2) is 0 Å². The predicted octanol–water partition coefficient (Wildman–Crippen LogP) is -0.0192. The number of aliphatic hydroxyl groups excluding tert-OH is 1. The number of primary amides is 1. The molecule has 0 bridgehead atoms. The Balaban J connectivity index is 2.71. The summed E-state index contributed by atoms with van der Waals surface area (Å²) in [5.41, 5.74) is 2.69. The van der Waals surface area contributed by atoms with Crippen LogP contribution in [0.25, 0.3) is 0 Å². The molecule has 0 aromatic rings. The van der Waals surface area contributed by atoms with Crippen molar-refractivity contribution in [3.63, 3.8) is 0 Å². The minimum Gasteiger partial charge on any atom is -0.480 e. The zero-order valence-electron chi connectivity index (χ0n) is 12.4. The van der Waals surface area contributed by atoms with E-state index in [4.69, 9.17) is 10.5 Å². The third kappa shape index (κ3) is 4.07. The van der Waals surface area contributed by atoms with Crippen molar-refractivity contribution in [1.29, 1.82) is 0 Å². The number of carboxylic acids is 1. The van der Waals surface area contributed by atoms with E-state index >= 15 is 0 Å². The molecule has 1 saturated carbocycles. The molecule has 0 unspecified atom stereocenters. The van der Waals surface area contributed by atoms with Crippen molar-refractivity contribution in [2.75, 3.05) is 0 Å². The van der Waals surface area contributed by atoms with E-state index in [0.717, 1.165) is 0 Å². The number of alkyl carbamates (subject to hydrolysis) is 1. The zero-order valence-corrected chi connectivity index (χ0v) is 12.4. The SMILES string of the molecule is CC(C)(C)OC(=O)N[C@@H]1CC[C@@](C(N)=O)(C(=O)O)C[C@@H]1O. The third-order valence-corrected chi connectivity index (χ3v) is 3.49. The second-order valence-electron chi connectivity index (χ2n) is 6.31. The highest BCUT2D eigenvalue weighted by molar-refractivity contribution is 6.01. The Labute approximate surface area is 122 Å². The van der Waals surface area contributed by atoms with E-state index in [9.17, 15) is 24.6 Å². The monoisotopic (exact) mass is 302 g/mol. The van der Waals surface area contributed by atoms with Crippen molar-refractivity contribution in [3.05, 3.63) is 0 Å². The molecule has 0 saturated heterocycles. The summed E-state index contributed by atoms with van der Waals surface area (Å²) in [6.45, 7) is 5.10. The van der Waals surface area contributed by atoms with Crippen LogP contribution in [0.4, 0.5) is 4.79 Å². The van der Waals surface area contributed by atoms with Gasteiger partial charge in [0.2, 0.25) is 5.91 Å². The first-order valence-corrected chi connectivity index (χ1v) is 6.69. The Kier molecular flexibility index (Phi) is 4.83. The molecule has 8 heteroatoms. The molecule has 5 N–H and O–H groups in total. The van der Waals surface area contributed by atoms with Crippen LogP contribution in [-0.4, -0.2) is 45.9 Å².